The number of aromatic carboxylic acids is 1. The molecule has 0 saturated carbocycles. The number of amides is 1. The minimum absolute atomic E-state index is 0.0586. The third kappa shape index (κ3) is 3.64. The minimum Gasteiger partial charge on any atom is -0.534 e. The Morgan fingerprint density at radius 2 is 2.27 bits per heavy atom. The molecule has 1 aliphatic heterocycles. The fourth-order valence-electron chi connectivity index (χ4n) is 2.72. The molecule has 3 N–H and O–H groups in total. The van der Waals surface area contributed by atoms with Crippen LogP contribution >= 0.6 is 0 Å². The quantitative estimate of drug-likeness (QED) is 0.557. The number of alkyl halides is 1. The van der Waals surface area contributed by atoms with Crippen molar-refractivity contribution in [1.29, 1.82) is 0 Å². The summed E-state index contributed by atoms with van der Waals surface area (Å²) in [5, 5.41) is 32.5. The average molecular weight is 363 g/mol. The molecule has 0 unspecified atom stereocenters. The summed E-state index contributed by atoms with van der Waals surface area (Å²) < 4.78 is 18.9. The van der Waals surface area contributed by atoms with E-state index in [1.165, 1.54) is 10.7 Å². The highest BCUT2D eigenvalue weighted by molar-refractivity contribution is 6.47. The van der Waals surface area contributed by atoms with Crippen LogP contribution in [0, 0.1) is 0 Å². The molecule has 10 nitrogen and oxygen atoms in total. The van der Waals surface area contributed by atoms with Gasteiger partial charge in [0.1, 0.15) is 12.4 Å². The lowest BCUT2D eigenvalue weighted by Gasteiger charge is -2.28. The van der Waals surface area contributed by atoms with E-state index in [2.05, 4.69) is 20.8 Å². The molecule has 136 valence electrons. The van der Waals surface area contributed by atoms with Crippen LogP contribution in [0.25, 0.3) is 0 Å². The number of carboxylic acids is 1. The van der Waals surface area contributed by atoms with Crippen LogP contribution in [0.5, 0.6) is 5.75 Å². The summed E-state index contributed by atoms with van der Waals surface area (Å²) in [6.45, 7) is -0.729. The normalized spacial score (nSPS) is 15.9. The van der Waals surface area contributed by atoms with E-state index in [0.717, 1.165) is 0 Å². The number of carbonyl (C=O) groups is 2. The number of tetrazole rings is 1. The first-order valence-electron chi connectivity index (χ1n) is 7.80. The van der Waals surface area contributed by atoms with E-state index in [1.807, 2.05) is 0 Å². The molecule has 1 atom stereocenters. The number of nitrogens with zero attached hydrogens (tertiary/aromatic N) is 4. The molecule has 2 aromatic rings. The number of aromatic nitrogens is 4. The number of carbonyl (C=O) groups excluding carboxylic acids is 1. The molecule has 3 rings (SSSR count). The Labute approximate surface area is 147 Å². The van der Waals surface area contributed by atoms with Gasteiger partial charge in [0.05, 0.1) is 24.5 Å². The SMILES string of the molecule is O=C(Cc1nnnn1CCF)N[C@H]1Cc2cccc(C(=O)O)c2OB1O. The van der Waals surface area contributed by atoms with E-state index in [-0.39, 0.29) is 36.5 Å². The van der Waals surface area contributed by atoms with Crippen LogP contribution in [0.4, 0.5) is 4.39 Å². The zero-order valence-electron chi connectivity index (χ0n) is 13.5. The molecular formula is C14H15BFN5O5. The summed E-state index contributed by atoms with van der Waals surface area (Å²) >= 11 is 0. The number of hydrogen-bond donors (Lipinski definition) is 3. The number of hydrogen-bond acceptors (Lipinski definition) is 7. The molecule has 2 heterocycles. The average Bonchev–Trinajstić information content (AvgIpc) is 3.02. The molecule has 0 spiro atoms. The molecule has 1 aromatic carbocycles. The van der Waals surface area contributed by atoms with Gasteiger partial charge in [-0.1, -0.05) is 12.1 Å². The minimum atomic E-state index is -1.41. The second-order valence-corrected chi connectivity index (χ2v) is 5.67. The summed E-state index contributed by atoms with van der Waals surface area (Å²) in [5.74, 6) is -2.14. The van der Waals surface area contributed by atoms with Gasteiger partial charge >= 0.3 is 13.1 Å². The summed E-state index contributed by atoms with van der Waals surface area (Å²) in [6.07, 6.45) is -0.00295. The maximum absolute atomic E-state index is 12.4. The van der Waals surface area contributed by atoms with Crippen molar-refractivity contribution < 1.29 is 28.8 Å². The van der Waals surface area contributed by atoms with E-state index in [4.69, 9.17) is 4.65 Å². The number of nitrogens with one attached hydrogen (secondary N) is 1. The fourth-order valence-corrected chi connectivity index (χ4v) is 2.72. The van der Waals surface area contributed by atoms with Crippen LogP contribution in [-0.4, -0.2) is 61.9 Å². The van der Waals surface area contributed by atoms with Gasteiger partial charge in [0, 0.05) is 0 Å². The van der Waals surface area contributed by atoms with Crippen molar-refractivity contribution in [3.63, 3.8) is 0 Å². The molecule has 26 heavy (non-hydrogen) atoms. The second-order valence-electron chi connectivity index (χ2n) is 5.67. The van der Waals surface area contributed by atoms with Gasteiger partial charge in [-0.05, 0) is 28.5 Å². The van der Waals surface area contributed by atoms with Crippen molar-refractivity contribution in [2.75, 3.05) is 6.67 Å². The van der Waals surface area contributed by atoms with E-state index in [9.17, 15) is 24.1 Å². The van der Waals surface area contributed by atoms with Gasteiger partial charge < -0.3 is 20.1 Å². The van der Waals surface area contributed by atoms with Crippen LogP contribution in [0.15, 0.2) is 18.2 Å². The van der Waals surface area contributed by atoms with Crippen molar-refractivity contribution >= 4 is 19.0 Å². The number of aryl methyl sites for hydroxylation is 1. The number of halogens is 1. The molecule has 0 fully saturated rings. The number of benzene rings is 1. The molecular weight excluding hydrogens is 348 g/mol. The third-order valence-corrected chi connectivity index (χ3v) is 3.92. The van der Waals surface area contributed by atoms with Crippen molar-refractivity contribution in [2.24, 2.45) is 0 Å². The van der Waals surface area contributed by atoms with Gasteiger partial charge in [-0.2, -0.15) is 0 Å². The topological polar surface area (TPSA) is 139 Å². The highest BCUT2D eigenvalue weighted by atomic mass is 19.1. The Hall–Kier alpha value is -3.02. The number of carboxylic acid groups (broad SMARTS) is 1. The van der Waals surface area contributed by atoms with Crippen molar-refractivity contribution in [1.82, 2.24) is 25.5 Å². The lowest BCUT2D eigenvalue weighted by molar-refractivity contribution is -0.121. The molecule has 1 aliphatic rings. The van der Waals surface area contributed by atoms with Gasteiger partial charge in [0.2, 0.25) is 5.91 Å². The van der Waals surface area contributed by atoms with E-state index in [1.54, 1.807) is 12.1 Å². The molecule has 0 bridgehead atoms. The highest BCUT2D eigenvalue weighted by Crippen LogP contribution is 2.30. The van der Waals surface area contributed by atoms with Gasteiger partial charge in [0.25, 0.3) is 0 Å². The fraction of sp³-hybridized carbons (Fsp3) is 0.357. The predicted octanol–water partition coefficient (Wildman–Crippen LogP) is -0.977. The Balaban J connectivity index is 1.69. The maximum Gasteiger partial charge on any atom is 0.547 e. The molecule has 1 amide bonds. The Kier molecular flexibility index (Phi) is 5.12. The number of para-hydroxylation sites is 1. The van der Waals surface area contributed by atoms with Crippen LogP contribution in [0.2, 0.25) is 0 Å². The van der Waals surface area contributed by atoms with Crippen molar-refractivity contribution in [2.45, 2.75) is 25.3 Å². The van der Waals surface area contributed by atoms with Gasteiger partial charge in [-0.3, -0.25) is 4.79 Å². The van der Waals surface area contributed by atoms with E-state index in [0.29, 0.717) is 5.56 Å². The van der Waals surface area contributed by atoms with Gasteiger partial charge in [-0.25, -0.2) is 13.9 Å². The van der Waals surface area contributed by atoms with Crippen molar-refractivity contribution in [3.05, 3.63) is 35.2 Å². The van der Waals surface area contributed by atoms with E-state index < -0.39 is 31.6 Å². The van der Waals surface area contributed by atoms with Crippen LogP contribution in [0.1, 0.15) is 21.7 Å². The largest absolute Gasteiger partial charge is 0.547 e. The first kappa shape index (κ1) is 17.8. The van der Waals surface area contributed by atoms with Crippen LogP contribution in [0.3, 0.4) is 0 Å². The van der Waals surface area contributed by atoms with Crippen LogP contribution in [-0.2, 0) is 24.2 Å². The molecule has 0 radical (unpaired) electrons. The zero-order chi connectivity index (χ0) is 18.7. The third-order valence-electron chi connectivity index (χ3n) is 3.92. The lowest BCUT2D eigenvalue weighted by Crippen LogP contribution is -2.53. The monoisotopic (exact) mass is 363 g/mol. The molecule has 0 aliphatic carbocycles. The Bertz CT molecular complexity index is 832. The summed E-state index contributed by atoms with van der Waals surface area (Å²) in [6, 6.07) is 4.60. The summed E-state index contributed by atoms with van der Waals surface area (Å²) in [4.78, 5) is 23.4. The standard InChI is InChI=1S/C14H15BFN5O5/c16-4-5-21-11(18-19-20-21)7-12(22)17-10-6-8-2-1-3-9(14(23)24)13(8)26-15(10)25/h1-3,10,25H,4-7H2,(H,17,22)(H,23,24)/t10-/m0/s1. The summed E-state index contributed by atoms with van der Waals surface area (Å²) in [5.41, 5.74) is 0.500. The number of rotatable bonds is 6. The molecule has 1 aromatic heterocycles. The zero-order valence-corrected chi connectivity index (χ0v) is 13.5. The molecule has 12 heteroatoms. The van der Waals surface area contributed by atoms with E-state index >= 15 is 0 Å². The molecule has 0 saturated heterocycles. The first-order chi connectivity index (χ1) is 12.5. The van der Waals surface area contributed by atoms with Crippen LogP contribution < -0.4 is 9.97 Å². The first-order valence-corrected chi connectivity index (χ1v) is 7.80. The second kappa shape index (κ2) is 7.48. The summed E-state index contributed by atoms with van der Waals surface area (Å²) in [7, 11) is -1.41. The highest BCUT2D eigenvalue weighted by Gasteiger charge is 2.37. The van der Waals surface area contributed by atoms with Gasteiger partial charge in [0.15, 0.2) is 5.82 Å². The smallest absolute Gasteiger partial charge is 0.534 e. The Morgan fingerprint density at radius 1 is 1.46 bits per heavy atom. The Morgan fingerprint density at radius 3 is 3.00 bits per heavy atom. The lowest BCUT2D eigenvalue weighted by atomic mass is 9.72. The predicted molar refractivity (Wildman–Crippen MR) is 85.1 cm³/mol. The maximum atomic E-state index is 12.4. The number of fused-ring (bicyclic) bond motifs is 1. The van der Waals surface area contributed by atoms with Crippen molar-refractivity contribution in [3.8, 4) is 5.75 Å². The van der Waals surface area contributed by atoms with Gasteiger partial charge in [-0.15, -0.1) is 5.10 Å².